The molecule has 0 amide bonds. The van der Waals surface area contributed by atoms with Crippen molar-refractivity contribution in [3.05, 3.63) is 34.9 Å². The van der Waals surface area contributed by atoms with Crippen LogP contribution in [0.3, 0.4) is 0 Å². The van der Waals surface area contributed by atoms with Gasteiger partial charge in [0.25, 0.3) is 0 Å². The van der Waals surface area contributed by atoms with Crippen LogP contribution < -0.4 is 5.32 Å². The van der Waals surface area contributed by atoms with Crippen molar-refractivity contribution in [1.82, 2.24) is 5.32 Å². The monoisotopic (exact) mass is 283 g/mol. The minimum atomic E-state index is -0.786. The van der Waals surface area contributed by atoms with Gasteiger partial charge in [-0.15, -0.1) is 0 Å². The van der Waals surface area contributed by atoms with E-state index >= 15 is 0 Å². The summed E-state index contributed by atoms with van der Waals surface area (Å²) in [7, 11) is 1.37. The van der Waals surface area contributed by atoms with Gasteiger partial charge in [-0.2, -0.15) is 0 Å². The van der Waals surface area contributed by atoms with Gasteiger partial charge in [-0.1, -0.05) is 29.8 Å². The summed E-state index contributed by atoms with van der Waals surface area (Å²) in [6, 6.07) is 7.31. The fourth-order valence-electron chi connectivity index (χ4n) is 2.76. The number of ether oxygens (including phenoxy) is 1. The van der Waals surface area contributed by atoms with Crippen LogP contribution in [0.1, 0.15) is 24.9 Å². The van der Waals surface area contributed by atoms with Gasteiger partial charge >= 0.3 is 5.97 Å². The lowest BCUT2D eigenvalue weighted by Crippen LogP contribution is -2.46. The number of halogens is 1. The fourth-order valence-corrected chi connectivity index (χ4v) is 3.01. The predicted octanol–water partition coefficient (Wildman–Crippen LogP) is 1.91. The Morgan fingerprint density at radius 3 is 2.84 bits per heavy atom. The first-order chi connectivity index (χ1) is 9.01. The van der Waals surface area contributed by atoms with Crippen molar-refractivity contribution >= 4 is 17.6 Å². The van der Waals surface area contributed by atoms with Crippen molar-refractivity contribution in [3.63, 3.8) is 0 Å². The first kappa shape index (κ1) is 14.3. The van der Waals surface area contributed by atoms with Gasteiger partial charge in [0, 0.05) is 23.6 Å². The molecule has 1 aliphatic rings. The highest BCUT2D eigenvalue weighted by Gasteiger charge is 2.47. The predicted molar refractivity (Wildman–Crippen MR) is 72.9 cm³/mol. The lowest BCUT2D eigenvalue weighted by molar-refractivity contribution is -0.147. The molecule has 1 aromatic carbocycles. The van der Waals surface area contributed by atoms with Gasteiger partial charge in [0.05, 0.1) is 7.11 Å². The Balaban J connectivity index is 2.31. The highest BCUT2D eigenvalue weighted by Crippen LogP contribution is 2.40. The average Bonchev–Trinajstić information content (AvgIpc) is 2.77. The van der Waals surface area contributed by atoms with E-state index in [-0.39, 0.29) is 24.5 Å². The first-order valence-corrected chi connectivity index (χ1v) is 6.61. The molecule has 0 saturated carbocycles. The van der Waals surface area contributed by atoms with E-state index in [2.05, 4.69) is 5.32 Å². The molecule has 1 heterocycles. The van der Waals surface area contributed by atoms with E-state index in [1.54, 1.807) is 13.0 Å². The van der Waals surface area contributed by atoms with Crippen LogP contribution in [0.15, 0.2) is 24.3 Å². The van der Waals surface area contributed by atoms with Gasteiger partial charge in [0.1, 0.15) is 5.54 Å². The Morgan fingerprint density at radius 1 is 1.58 bits per heavy atom. The quantitative estimate of drug-likeness (QED) is 0.832. The summed E-state index contributed by atoms with van der Waals surface area (Å²) in [5.74, 6) is -0.385. The molecule has 4 nitrogen and oxygen atoms in total. The molecule has 0 bridgehead atoms. The topological polar surface area (TPSA) is 58.6 Å². The third-order valence-corrected chi connectivity index (χ3v) is 4.07. The molecule has 2 N–H and O–H groups in total. The Labute approximate surface area is 117 Å². The third-order valence-electron chi connectivity index (χ3n) is 3.73. The summed E-state index contributed by atoms with van der Waals surface area (Å²) < 4.78 is 4.83. The average molecular weight is 284 g/mol. The molecule has 5 heteroatoms. The van der Waals surface area contributed by atoms with E-state index in [1.165, 1.54) is 7.11 Å². The number of esters is 1. The Bertz CT molecular complexity index is 480. The summed E-state index contributed by atoms with van der Waals surface area (Å²) in [4.78, 5) is 11.9. The standard InChI is InChI=1S/C14H18ClNO3/c1-14(13(18)19-2)7-9(8-17)12(16-14)10-5-3-4-6-11(10)15/h3-6,9,12,16-17H,7-8H2,1-2H3/t9-,12-,14+/m0/s1. The number of hydrogen-bond donors (Lipinski definition) is 2. The third kappa shape index (κ3) is 2.61. The van der Waals surface area contributed by atoms with E-state index in [0.29, 0.717) is 11.4 Å². The molecule has 0 aliphatic carbocycles. The molecule has 0 unspecified atom stereocenters. The largest absolute Gasteiger partial charge is 0.468 e. The molecular formula is C14H18ClNO3. The SMILES string of the molecule is COC(=O)[C@@]1(C)C[C@@H](CO)[C@@H](c2ccccc2Cl)N1. The number of methoxy groups -OCH3 is 1. The van der Waals surface area contributed by atoms with Gasteiger partial charge in [0.15, 0.2) is 0 Å². The number of hydrogen-bond acceptors (Lipinski definition) is 4. The van der Waals surface area contributed by atoms with Crippen LogP contribution in [0.2, 0.25) is 5.02 Å². The molecule has 1 aromatic rings. The van der Waals surface area contributed by atoms with E-state index in [4.69, 9.17) is 16.3 Å². The van der Waals surface area contributed by atoms with E-state index in [1.807, 2.05) is 18.2 Å². The molecule has 1 saturated heterocycles. The molecule has 3 atom stereocenters. The minimum Gasteiger partial charge on any atom is -0.468 e. The van der Waals surface area contributed by atoms with Gasteiger partial charge in [-0.3, -0.25) is 10.1 Å². The Kier molecular flexibility index (Phi) is 4.13. The molecule has 1 aliphatic heterocycles. The molecule has 0 radical (unpaired) electrons. The molecule has 104 valence electrons. The fraction of sp³-hybridized carbons (Fsp3) is 0.500. The summed E-state index contributed by atoms with van der Waals surface area (Å²) in [6.07, 6.45) is 0.520. The van der Waals surface area contributed by atoms with Crippen molar-refractivity contribution in [1.29, 1.82) is 0 Å². The first-order valence-electron chi connectivity index (χ1n) is 6.23. The van der Waals surface area contributed by atoms with Crippen LogP contribution in [-0.4, -0.2) is 30.3 Å². The number of aliphatic hydroxyl groups excluding tert-OH is 1. The van der Waals surface area contributed by atoms with E-state index in [9.17, 15) is 9.90 Å². The lowest BCUT2D eigenvalue weighted by Gasteiger charge is -2.23. The maximum Gasteiger partial charge on any atom is 0.325 e. The van der Waals surface area contributed by atoms with Gasteiger partial charge < -0.3 is 9.84 Å². The summed E-state index contributed by atoms with van der Waals surface area (Å²) in [5, 5.41) is 13.4. The summed E-state index contributed by atoms with van der Waals surface area (Å²) in [5.41, 5.74) is 0.113. The van der Waals surface area contributed by atoms with Crippen molar-refractivity contribution in [3.8, 4) is 0 Å². The van der Waals surface area contributed by atoms with Crippen LogP contribution in [0, 0.1) is 5.92 Å². The second-order valence-corrected chi connectivity index (χ2v) is 5.52. The highest BCUT2D eigenvalue weighted by atomic mass is 35.5. The number of carbonyl (C=O) groups is 1. The van der Waals surface area contributed by atoms with E-state index < -0.39 is 5.54 Å². The number of rotatable bonds is 3. The van der Waals surface area contributed by atoms with Gasteiger partial charge in [-0.05, 0) is 25.0 Å². The molecule has 19 heavy (non-hydrogen) atoms. The molecular weight excluding hydrogens is 266 g/mol. The normalized spacial score (nSPS) is 30.3. The summed E-state index contributed by atoms with van der Waals surface area (Å²) >= 11 is 6.20. The van der Waals surface area contributed by atoms with Crippen LogP contribution in [0.5, 0.6) is 0 Å². The number of carbonyl (C=O) groups excluding carboxylic acids is 1. The zero-order valence-corrected chi connectivity index (χ0v) is 11.8. The minimum absolute atomic E-state index is 0.00449. The van der Waals surface area contributed by atoms with Crippen molar-refractivity contribution in [2.75, 3.05) is 13.7 Å². The molecule has 1 fully saturated rings. The van der Waals surface area contributed by atoms with Gasteiger partial charge in [0.2, 0.25) is 0 Å². The van der Waals surface area contributed by atoms with Crippen molar-refractivity contribution < 1.29 is 14.6 Å². The maximum absolute atomic E-state index is 11.9. The van der Waals surface area contributed by atoms with Crippen LogP contribution >= 0.6 is 11.6 Å². The van der Waals surface area contributed by atoms with Crippen molar-refractivity contribution in [2.24, 2.45) is 5.92 Å². The number of aliphatic hydroxyl groups is 1. The highest BCUT2D eigenvalue weighted by molar-refractivity contribution is 6.31. The zero-order chi connectivity index (χ0) is 14.0. The smallest absolute Gasteiger partial charge is 0.325 e. The lowest BCUT2D eigenvalue weighted by atomic mass is 9.91. The number of benzene rings is 1. The maximum atomic E-state index is 11.9. The van der Waals surface area contributed by atoms with Gasteiger partial charge in [-0.25, -0.2) is 0 Å². The van der Waals surface area contributed by atoms with Crippen LogP contribution in [0.4, 0.5) is 0 Å². The molecule has 0 aromatic heterocycles. The van der Waals surface area contributed by atoms with Crippen LogP contribution in [-0.2, 0) is 9.53 Å². The Morgan fingerprint density at radius 2 is 2.26 bits per heavy atom. The molecule has 0 spiro atoms. The second-order valence-electron chi connectivity index (χ2n) is 5.11. The molecule has 2 rings (SSSR count). The second kappa shape index (κ2) is 5.49. The summed E-state index contributed by atoms with van der Waals surface area (Å²) in [6.45, 7) is 1.79. The Hall–Kier alpha value is -1.10. The zero-order valence-electron chi connectivity index (χ0n) is 11.0. The van der Waals surface area contributed by atoms with Crippen molar-refractivity contribution in [2.45, 2.75) is 24.9 Å². The van der Waals surface area contributed by atoms with E-state index in [0.717, 1.165) is 5.56 Å². The number of nitrogens with one attached hydrogen (secondary N) is 1. The van der Waals surface area contributed by atoms with Crippen LogP contribution in [0.25, 0.3) is 0 Å².